The number of amides is 2. The van der Waals surface area contributed by atoms with Gasteiger partial charge in [0, 0.05) is 30.6 Å². The van der Waals surface area contributed by atoms with Crippen LogP contribution < -0.4 is 10.1 Å². The van der Waals surface area contributed by atoms with E-state index in [-0.39, 0.29) is 23.5 Å². The third-order valence-corrected chi connectivity index (χ3v) is 7.20. The van der Waals surface area contributed by atoms with Gasteiger partial charge in [-0.2, -0.15) is 0 Å². The monoisotopic (exact) mass is 422 g/mol. The molecular weight excluding hydrogens is 395 g/mol. The molecule has 31 heavy (non-hydrogen) atoms. The molecule has 0 unspecified atom stereocenters. The summed E-state index contributed by atoms with van der Waals surface area (Å²) in [6.07, 6.45) is 6.17. The van der Waals surface area contributed by atoms with E-state index in [0.717, 1.165) is 6.42 Å². The normalized spacial score (nSPS) is 22.0. The molecule has 5 nitrogen and oxygen atoms in total. The van der Waals surface area contributed by atoms with Gasteiger partial charge in [-0.05, 0) is 73.9 Å². The number of halogens is 1. The Morgan fingerprint density at radius 1 is 1.03 bits per heavy atom. The van der Waals surface area contributed by atoms with Crippen LogP contribution in [0.5, 0.6) is 11.5 Å². The van der Waals surface area contributed by atoms with Crippen molar-refractivity contribution in [2.75, 3.05) is 18.4 Å². The van der Waals surface area contributed by atoms with Crippen molar-refractivity contribution in [1.82, 2.24) is 4.90 Å². The zero-order chi connectivity index (χ0) is 21.4. The van der Waals surface area contributed by atoms with Gasteiger partial charge in [0.25, 0.3) is 0 Å². The molecule has 2 aromatic rings. The van der Waals surface area contributed by atoms with Gasteiger partial charge < -0.3 is 15.0 Å². The van der Waals surface area contributed by atoms with Crippen molar-refractivity contribution < 1.29 is 18.7 Å². The number of hydrogen-bond acceptors (Lipinski definition) is 3. The second-order valence-electron chi connectivity index (χ2n) is 9.12. The van der Waals surface area contributed by atoms with Crippen molar-refractivity contribution in [3.63, 3.8) is 0 Å². The molecule has 2 saturated carbocycles. The van der Waals surface area contributed by atoms with E-state index in [2.05, 4.69) is 5.32 Å². The van der Waals surface area contributed by atoms with Crippen LogP contribution in [0.3, 0.4) is 0 Å². The number of piperidine rings is 1. The van der Waals surface area contributed by atoms with Gasteiger partial charge in [-0.3, -0.25) is 9.59 Å². The van der Waals surface area contributed by atoms with Crippen LogP contribution in [0.1, 0.15) is 38.5 Å². The molecule has 3 fully saturated rings. The summed E-state index contributed by atoms with van der Waals surface area (Å²) in [4.78, 5) is 27.4. The van der Waals surface area contributed by atoms with E-state index in [0.29, 0.717) is 48.7 Å². The fourth-order valence-corrected chi connectivity index (χ4v) is 4.97. The summed E-state index contributed by atoms with van der Waals surface area (Å²) in [5, 5.41) is 2.95. The van der Waals surface area contributed by atoms with Gasteiger partial charge in [0.1, 0.15) is 5.75 Å². The Kier molecular flexibility index (Phi) is 5.16. The molecule has 1 atom stereocenters. The van der Waals surface area contributed by atoms with Crippen LogP contribution in [-0.2, 0) is 9.59 Å². The van der Waals surface area contributed by atoms with Gasteiger partial charge in [0.15, 0.2) is 11.6 Å². The molecule has 2 amide bonds. The number of carbonyl (C=O) groups is 2. The standard InChI is InChI=1S/C25H27FN2O3/c26-21-4-1-2-5-22(21)31-19-8-6-18(7-9-19)27-23(29)17-10-14-28(15-11-17)24(30)20-16-25(20)12-3-13-25/h1-2,4-9,17,20H,3,10-16H2,(H,27,29)/t20-/m0/s1. The van der Waals surface area contributed by atoms with Crippen molar-refractivity contribution in [2.24, 2.45) is 17.3 Å². The van der Waals surface area contributed by atoms with E-state index in [1.54, 1.807) is 42.5 Å². The van der Waals surface area contributed by atoms with Crippen molar-refractivity contribution in [2.45, 2.75) is 38.5 Å². The Hall–Kier alpha value is -2.89. The van der Waals surface area contributed by atoms with E-state index in [1.165, 1.54) is 25.3 Å². The summed E-state index contributed by atoms with van der Waals surface area (Å²) in [6, 6.07) is 13.1. The van der Waals surface area contributed by atoms with Crippen molar-refractivity contribution >= 4 is 17.5 Å². The third-order valence-electron chi connectivity index (χ3n) is 7.20. The molecule has 2 aromatic carbocycles. The lowest BCUT2D eigenvalue weighted by atomic mass is 9.79. The van der Waals surface area contributed by atoms with Crippen molar-refractivity contribution in [1.29, 1.82) is 0 Å². The topological polar surface area (TPSA) is 58.6 Å². The molecular formula is C25H27FN2O3. The molecule has 1 N–H and O–H groups in total. The van der Waals surface area contributed by atoms with Crippen LogP contribution in [0.25, 0.3) is 0 Å². The van der Waals surface area contributed by atoms with Crippen molar-refractivity contribution in [3.8, 4) is 11.5 Å². The number of hydrogen-bond donors (Lipinski definition) is 1. The first kappa shape index (κ1) is 20.0. The third kappa shape index (κ3) is 4.03. The quantitative estimate of drug-likeness (QED) is 0.739. The Bertz CT molecular complexity index is 979. The minimum Gasteiger partial charge on any atom is -0.454 e. The lowest BCUT2D eigenvalue weighted by Crippen LogP contribution is -2.43. The van der Waals surface area contributed by atoms with Gasteiger partial charge >= 0.3 is 0 Å². The zero-order valence-corrected chi connectivity index (χ0v) is 17.5. The Morgan fingerprint density at radius 2 is 1.74 bits per heavy atom. The molecule has 2 aliphatic carbocycles. The molecule has 6 heteroatoms. The smallest absolute Gasteiger partial charge is 0.227 e. The number of carbonyl (C=O) groups excluding carboxylic acids is 2. The lowest BCUT2D eigenvalue weighted by molar-refractivity contribution is -0.137. The Morgan fingerprint density at radius 3 is 2.35 bits per heavy atom. The number of nitrogens with zero attached hydrogens (tertiary/aromatic N) is 1. The molecule has 0 aromatic heterocycles. The van der Waals surface area contributed by atoms with Gasteiger partial charge in [-0.15, -0.1) is 0 Å². The number of para-hydroxylation sites is 1. The highest BCUT2D eigenvalue weighted by Gasteiger charge is 2.61. The molecule has 5 rings (SSSR count). The fraction of sp³-hybridized carbons (Fsp3) is 0.440. The first-order valence-corrected chi connectivity index (χ1v) is 11.2. The van der Waals surface area contributed by atoms with Crippen molar-refractivity contribution in [3.05, 3.63) is 54.3 Å². The maximum Gasteiger partial charge on any atom is 0.227 e. The number of likely N-dealkylation sites (tertiary alicyclic amines) is 1. The van der Waals surface area contributed by atoms with E-state index >= 15 is 0 Å². The Balaban J connectivity index is 1.11. The van der Waals surface area contributed by atoms with Crippen LogP contribution in [0.4, 0.5) is 10.1 Å². The second-order valence-corrected chi connectivity index (χ2v) is 9.12. The summed E-state index contributed by atoms with van der Waals surface area (Å²) in [5.41, 5.74) is 1.03. The summed E-state index contributed by atoms with van der Waals surface area (Å²) < 4.78 is 19.3. The number of anilines is 1. The number of benzene rings is 2. The first-order chi connectivity index (χ1) is 15.0. The summed E-state index contributed by atoms with van der Waals surface area (Å²) >= 11 is 0. The number of ether oxygens (including phenoxy) is 1. The van der Waals surface area contributed by atoms with Crippen LogP contribution >= 0.6 is 0 Å². The molecule has 0 radical (unpaired) electrons. The van der Waals surface area contributed by atoms with Gasteiger partial charge in [-0.25, -0.2) is 4.39 Å². The van der Waals surface area contributed by atoms with Crippen LogP contribution in [0, 0.1) is 23.1 Å². The summed E-state index contributed by atoms with van der Waals surface area (Å²) in [7, 11) is 0. The SMILES string of the molecule is O=C(Nc1ccc(Oc2ccccc2F)cc1)C1CCN(C(=O)[C@@H]2CC23CCC3)CC1. The maximum absolute atomic E-state index is 13.7. The van der Waals surface area contributed by atoms with Gasteiger partial charge in [-0.1, -0.05) is 18.6 Å². The molecule has 1 heterocycles. The highest BCUT2D eigenvalue weighted by molar-refractivity contribution is 5.93. The predicted octanol–water partition coefficient (Wildman–Crippen LogP) is 4.99. The highest BCUT2D eigenvalue weighted by atomic mass is 19.1. The second kappa shape index (κ2) is 7.98. The Labute approximate surface area is 181 Å². The highest BCUT2D eigenvalue weighted by Crippen LogP contribution is 2.66. The summed E-state index contributed by atoms with van der Waals surface area (Å²) in [6.45, 7) is 1.33. The largest absolute Gasteiger partial charge is 0.454 e. The van der Waals surface area contributed by atoms with Gasteiger partial charge in [0.05, 0.1) is 0 Å². The molecule has 1 aliphatic heterocycles. The molecule has 1 saturated heterocycles. The van der Waals surface area contributed by atoms with Crippen LogP contribution in [0.2, 0.25) is 0 Å². The fourth-order valence-electron chi connectivity index (χ4n) is 4.97. The van der Waals surface area contributed by atoms with E-state index < -0.39 is 5.82 Å². The van der Waals surface area contributed by atoms with E-state index in [1.807, 2.05) is 4.90 Å². The molecule has 3 aliphatic rings. The van der Waals surface area contributed by atoms with E-state index in [9.17, 15) is 14.0 Å². The van der Waals surface area contributed by atoms with E-state index in [4.69, 9.17) is 4.74 Å². The zero-order valence-electron chi connectivity index (χ0n) is 17.5. The minimum absolute atomic E-state index is 0.0169. The minimum atomic E-state index is -0.422. The summed E-state index contributed by atoms with van der Waals surface area (Å²) in [5.74, 6) is 0.691. The first-order valence-electron chi connectivity index (χ1n) is 11.2. The average Bonchev–Trinajstić information content (AvgIpc) is 3.53. The lowest BCUT2D eigenvalue weighted by Gasteiger charge is -2.33. The van der Waals surface area contributed by atoms with Crippen LogP contribution in [-0.4, -0.2) is 29.8 Å². The average molecular weight is 423 g/mol. The number of rotatable bonds is 5. The number of nitrogens with one attached hydrogen (secondary N) is 1. The maximum atomic E-state index is 13.7. The predicted molar refractivity (Wildman–Crippen MR) is 115 cm³/mol. The van der Waals surface area contributed by atoms with Gasteiger partial charge in [0.2, 0.25) is 11.8 Å². The molecule has 0 bridgehead atoms. The van der Waals surface area contributed by atoms with Crippen LogP contribution in [0.15, 0.2) is 48.5 Å². The molecule has 162 valence electrons. The molecule has 1 spiro atoms.